The van der Waals surface area contributed by atoms with Crippen molar-refractivity contribution in [3.63, 3.8) is 0 Å². The number of halogens is 5. The maximum Gasteiger partial charge on any atom is 0.435 e. The number of hydrogen-bond donors (Lipinski definition) is 0. The molecule has 0 spiro atoms. The van der Waals surface area contributed by atoms with Crippen LogP contribution in [-0.4, -0.2) is 24.5 Å². The van der Waals surface area contributed by atoms with Gasteiger partial charge in [0, 0.05) is 17.9 Å². The molecular formula is C17H11F5N2O2S. The first-order chi connectivity index (χ1) is 12.5. The highest BCUT2D eigenvalue weighted by Crippen LogP contribution is 2.33. The van der Waals surface area contributed by atoms with Crippen LogP contribution in [-0.2, 0) is 16.0 Å². The average molecular weight is 402 g/mol. The molecule has 3 aromatic rings. The van der Waals surface area contributed by atoms with Crippen LogP contribution in [0.4, 0.5) is 22.0 Å². The second-order valence-electron chi connectivity index (χ2n) is 5.72. The molecule has 0 aliphatic rings. The van der Waals surface area contributed by atoms with Crippen molar-refractivity contribution in [2.24, 2.45) is 0 Å². The molecule has 10 heteroatoms. The Morgan fingerprint density at radius 1 is 0.963 bits per heavy atom. The van der Waals surface area contributed by atoms with Crippen LogP contribution in [0.1, 0.15) is 5.69 Å². The Kier molecular flexibility index (Phi) is 4.54. The van der Waals surface area contributed by atoms with Gasteiger partial charge in [-0.1, -0.05) is 0 Å². The van der Waals surface area contributed by atoms with Crippen molar-refractivity contribution in [3.05, 3.63) is 65.9 Å². The maximum absolute atomic E-state index is 14.2. The SMILES string of the molecule is CS(=O)(=O)c1ccc(-n2nc(C(F)(F)F)cc2-c2ccc(F)cc2)cc1F. The van der Waals surface area contributed by atoms with E-state index in [0.29, 0.717) is 0 Å². The molecule has 0 fully saturated rings. The highest BCUT2D eigenvalue weighted by atomic mass is 32.2. The molecule has 0 saturated heterocycles. The number of nitrogens with zero attached hydrogens (tertiary/aromatic N) is 2. The van der Waals surface area contributed by atoms with Gasteiger partial charge in [-0.3, -0.25) is 0 Å². The molecule has 3 rings (SSSR count). The fourth-order valence-electron chi connectivity index (χ4n) is 2.46. The van der Waals surface area contributed by atoms with Crippen molar-refractivity contribution >= 4 is 9.84 Å². The van der Waals surface area contributed by atoms with Crippen molar-refractivity contribution < 1.29 is 30.4 Å². The molecule has 0 N–H and O–H groups in total. The summed E-state index contributed by atoms with van der Waals surface area (Å²) in [6.45, 7) is 0. The smallest absolute Gasteiger partial charge is 0.232 e. The maximum atomic E-state index is 14.2. The molecule has 4 nitrogen and oxygen atoms in total. The predicted octanol–water partition coefficient (Wildman–Crippen LogP) is 4.24. The van der Waals surface area contributed by atoms with Crippen LogP contribution in [0, 0.1) is 11.6 Å². The highest BCUT2D eigenvalue weighted by molar-refractivity contribution is 7.90. The highest BCUT2D eigenvalue weighted by Gasteiger charge is 2.35. The van der Waals surface area contributed by atoms with Gasteiger partial charge in [-0.15, -0.1) is 0 Å². The molecular weight excluding hydrogens is 391 g/mol. The van der Waals surface area contributed by atoms with Crippen molar-refractivity contribution in [2.75, 3.05) is 6.26 Å². The number of hydrogen-bond acceptors (Lipinski definition) is 3. The summed E-state index contributed by atoms with van der Waals surface area (Å²) in [5.74, 6) is -1.70. The second-order valence-corrected chi connectivity index (χ2v) is 7.70. The molecule has 1 aromatic heterocycles. The predicted molar refractivity (Wildman–Crippen MR) is 87.0 cm³/mol. The van der Waals surface area contributed by atoms with Gasteiger partial charge in [-0.25, -0.2) is 21.9 Å². The van der Waals surface area contributed by atoms with Gasteiger partial charge in [-0.2, -0.15) is 18.3 Å². The molecule has 0 unspecified atom stereocenters. The van der Waals surface area contributed by atoms with E-state index in [9.17, 15) is 30.4 Å². The third kappa shape index (κ3) is 3.85. The zero-order valence-corrected chi connectivity index (χ0v) is 14.4. The second kappa shape index (κ2) is 6.45. The lowest BCUT2D eigenvalue weighted by Crippen LogP contribution is -2.08. The largest absolute Gasteiger partial charge is 0.435 e. The molecule has 0 atom stereocenters. The van der Waals surface area contributed by atoms with Crippen molar-refractivity contribution in [1.82, 2.24) is 9.78 Å². The molecule has 0 bridgehead atoms. The summed E-state index contributed by atoms with van der Waals surface area (Å²) in [6, 6.07) is 8.24. The third-order valence-electron chi connectivity index (χ3n) is 3.70. The van der Waals surface area contributed by atoms with Crippen molar-refractivity contribution in [2.45, 2.75) is 11.1 Å². The van der Waals surface area contributed by atoms with Crippen LogP contribution in [0.25, 0.3) is 16.9 Å². The van der Waals surface area contributed by atoms with E-state index in [1.165, 1.54) is 12.1 Å². The Hall–Kier alpha value is -2.75. The van der Waals surface area contributed by atoms with E-state index in [4.69, 9.17) is 0 Å². The summed E-state index contributed by atoms with van der Waals surface area (Å²) in [7, 11) is -3.84. The van der Waals surface area contributed by atoms with Gasteiger partial charge < -0.3 is 0 Å². The minimum Gasteiger partial charge on any atom is -0.232 e. The molecule has 27 heavy (non-hydrogen) atoms. The number of rotatable bonds is 3. The van der Waals surface area contributed by atoms with Gasteiger partial charge in [0.15, 0.2) is 15.5 Å². The first-order valence-corrected chi connectivity index (χ1v) is 9.29. The van der Waals surface area contributed by atoms with E-state index in [2.05, 4.69) is 5.10 Å². The minimum atomic E-state index is -4.76. The van der Waals surface area contributed by atoms with E-state index in [0.717, 1.165) is 47.3 Å². The Morgan fingerprint density at radius 3 is 2.11 bits per heavy atom. The number of benzene rings is 2. The number of sulfone groups is 1. The summed E-state index contributed by atoms with van der Waals surface area (Å²) in [6.07, 6.45) is -3.95. The first-order valence-electron chi connectivity index (χ1n) is 7.40. The lowest BCUT2D eigenvalue weighted by atomic mass is 10.1. The van der Waals surface area contributed by atoms with Crippen LogP contribution in [0.15, 0.2) is 53.4 Å². The third-order valence-corrected chi connectivity index (χ3v) is 4.83. The molecule has 0 saturated carbocycles. The number of alkyl halides is 3. The van der Waals surface area contributed by atoms with Crippen molar-refractivity contribution in [1.29, 1.82) is 0 Å². The normalized spacial score (nSPS) is 12.4. The van der Waals surface area contributed by atoms with Gasteiger partial charge in [0.05, 0.1) is 11.4 Å². The zero-order chi connectivity index (χ0) is 20.0. The van der Waals surface area contributed by atoms with E-state index in [1.54, 1.807) is 0 Å². The monoisotopic (exact) mass is 402 g/mol. The van der Waals surface area contributed by atoms with E-state index in [1.807, 2.05) is 0 Å². The fourth-order valence-corrected chi connectivity index (χ4v) is 3.19. The topological polar surface area (TPSA) is 52.0 Å². The van der Waals surface area contributed by atoms with Gasteiger partial charge in [0.1, 0.15) is 16.5 Å². The Balaban J connectivity index is 2.21. The molecule has 2 aromatic carbocycles. The Morgan fingerprint density at radius 2 is 1.59 bits per heavy atom. The Bertz CT molecular complexity index is 1100. The summed E-state index contributed by atoms with van der Waals surface area (Å²) < 4.78 is 90.4. The molecule has 0 radical (unpaired) electrons. The van der Waals surface area contributed by atoms with Crippen LogP contribution in [0.3, 0.4) is 0 Å². The molecule has 0 aliphatic heterocycles. The first kappa shape index (κ1) is 19.0. The van der Waals surface area contributed by atoms with E-state index < -0.39 is 38.2 Å². The van der Waals surface area contributed by atoms with Crippen molar-refractivity contribution in [3.8, 4) is 16.9 Å². The standard InChI is InChI=1S/C17H11F5N2O2S/c1-27(25,26)15-7-6-12(8-13(15)19)24-14(9-16(23-24)17(20,21)22)10-2-4-11(18)5-3-10/h2-9H,1H3. The molecule has 0 amide bonds. The molecule has 0 aliphatic carbocycles. The van der Waals surface area contributed by atoms with Gasteiger partial charge >= 0.3 is 6.18 Å². The number of aromatic nitrogens is 2. The summed E-state index contributed by atoms with van der Waals surface area (Å²) in [5.41, 5.74) is -1.19. The summed E-state index contributed by atoms with van der Waals surface area (Å²) >= 11 is 0. The van der Waals surface area contributed by atoms with Gasteiger partial charge in [0.2, 0.25) is 0 Å². The van der Waals surface area contributed by atoms with Gasteiger partial charge in [-0.05, 0) is 42.5 Å². The van der Waals surface area contributed by atoms with E-state index in [-0.39, 0.29) is 16.9 Å². The van der Waals surface area contributed by atoms with Gasteiger partial charge in [0.25, 0.3) is 0 Å². The fraction of sp³-hybridized carbons (Fsp3) is 0.118. The minimum absolute atomic E-state index is 0.0613. The molecule has 1 heterocycles. The quantitative estimate of drug-likeness (QED) is 0.616. The lowest BCUT2D eigenvalue weighted by Gasteiger charge is -2.09. The van der Waals surface area contributed by atoms with Crippen LogP contribution in [0.5, 0.6) is 0 Å². The van der Waals surface area contributed by atoms with Crippen LogP contribution >= 0.6 is 0 Å². The average Bonchev–Trinajstić information content (AvgIpc) is 2.99. The zero-order valence-electron chi connectivity index (χ0n) is 13.6. The summed E-state index contributed by atoms with van der Waals surface area (Å²) in [5, 5.41) is 3.47. The van der Waals surface area contributed by atoms with Crippen LogP contribution in [0.2, 0.25) is 0 Å². The Labute approximate surface area is 150 Å². The van der Waals surface area contributed by atoms with E-state index >= 15 is 0 Å². The summed E-state index contributed by atoms with van der Waals surface area (Å²) in [4.78, 5) is -0.585. The van der Waals surface area contributed by atoms with Crippen LogP contribution < -0.4 is 0 Å². The lowest BCUT2D eigenvalue weighted by molar-refractivity contribution is -0.141. The molecule has 142 valence electrons.